The smallest absolute Gasteiger partial charge is 0.148 e. The van der Waals surface area contributed by atoms with E-state index in [2.05, 4.69) is 58.3 Å². The van der Waals surface area contributed by atoms with Crippen LogP contribution in [0.15, 0.2) is 34.8 Å². The molecule has 0 unspecified atom stereocenters. The highest BCUT2D eigenvalue weighted by Crippen LogP contribution is 2.23. The molecule has 1 aromatic heterocycles. The van der Waals surface area contributed by atoms with Crippen LogP contribution < -0.4 is 5.32 Å². The van der Waals surface area contributed by atoms with E-state index in [9.17, 15) is 0 Å². The van der Waals surface area contributed by atoms with Crippen LogP contribution in [0, 0.1) is 6.92 Å². The van der Waals surface area contributed by atoms with Crippen LogP contribution >= 0.6 is 15.9 Å². The Bertz CT molecular complexity index is 535. The van der Waals surface area contributed by atoms with Crippen LogP contribution in [0.3, 0.4) is 0 Å². The third-order valence-corrected chi connectivity index (χ3v) is 3.44. The van der Waals surface area contributed by atoms with Crippen molar-refractivity contribution in [1.29, 1.82) is 0 Å². The maximum atomic E-state index is 4.24. The molecule has 4 heteroatoms. The fourth-order valence-corrected chi connectivity index (χ4v) is 1.91. The maximum absolute atomic E-state index is 4.24. The SMILES string of the molecule is Cc1cc(-c2ccc(NC(C)C)nn2)ccc1Br. The summed E-state index contributed by atoms with van der Waals surface area (Å²) < 4.78 is 1.11. The number of halogens is 1. The molecular formula is C14H16BrN3. The van der Waals surface area contributed by atoms with Gasteiger partial charge in [-0.15, -0.1) is 10.2 Å². The molecule has 0 bridgehead atoms. The second-order valence-electron chi connectivity index (χ2n) is 4.57. The van der Waals surface area contributed by atoms with Gasteiger partial charge in [0.05, 0.1) is 5.69 Å². The van der Waals surface area contributed by atoms with Crippen LogP contribution in [0.5, 0.6) is 0 Å². The van der Waals surface area contributed by atoms with Gasteiger partial charge < -0.3 is 5.32 Å². The summed E-state index contributed by atoms with van der Waals surface area (Å²) >= 11 is 3.49. The molecule has 0 aliphatic heterocycles. The average Bonchev–Trinajstić information content (AvgIpc) is 2.33. The lowest BCUT2D eigenvalue weighted by Crippen LogP contribution is -2.11. The molecule has 18 heavy (non-hydrogen) atoms. The standard InChI is InChI=1S/C14H16BrN3/c1-9(2)16-14-7-6-13(17-18-14)11-4-5-12(15)10(3)8-11/h4-9H,1-3H3,(H,16,18). The summed E-state index contributed by atoms with van der Waals surface area (Å²) in [7, 11) is 0. The Morgan fingerprint density at radius 1 is 1.11 bits per heavy atom. The fourth-order valence-electron chi connectivity index (χ4n) is 1.66. The Morgan fingerprint density at radius 3 is 2.44 bits per heavy atom. The third-order valence-electron chi connectivity index (χ3n) is 2.55. The maximum Gasteiger partial charge on any atom is 0.148 e. The second-order valence-corrected chi connectivity index (χ2v) is 5.42. The largest absolute Gasteiger partial charge is 0.366 e. The molecule has 1 aromatic carbocycles. The normalized spacial score (nSPS) is 10.7. The van der Waals surface area contributed by atoms with Gasteiger partial charge in [-0.3, -0.25) is 0 Å². The van der Waals surface area contributed by atoms with E-state index in [0.29, 0.717) is 6.04 Å². The van der Waals surface area contributed by atoms with Gasteiger partial charge in [0.1, 0.15) is 5.82 Å². The Balaban J connectivity index is 2.25. The zero-order valence-electron chi connectivity index (χ0n) is 10.7. The van der Waals surface area contributed by atoms with Crippen molar-refractivity contribution in [3.05, 3.63) is 40.4 Å². The first-order valence-electron chi connectivity index (χ1n) is 5.93. The molecule has 0 saturated carbocycles. The van der Waals surface area contributed by atoms with Gasteiger partial charge in [0.15, 0.2) is 0 Å². The molecule has 94 valence electrons. The van der Waals surface area contributed by atoms with Crippen molar-refractivity contribution in [2.75, 3.05) is 5.32 Å². The van der Waals surface area contributed by atoms with Crippen molar-refractivity contribution in [2.24, 2.45) is 0 Å². The zero-order valence-corrected chi connectivity index (χ0v) is 12.3. The Kier molecular flexibility index (Phi) is 3.97. The van der Waals surface area contributed by atoms with Crippen LogP contribution in [0.2, 0.25) is 0 Å². The molecule has 1 heterocycles. The lowest BCUT2D eigenvalue weighted by molar-refractivity contribution is 0.874. The molecular weight excluding hydrogens is 290 g/mol. The molecule has 1 N–H and O–H groups in total. The Hall–Kier alpha value is -1.42. The summed E-state index contributed by atoms with van der Waals surface area (Å²) in [4.78, 5) is 0. The van der Waals surface area contributed by atoms with Crippen molar-refractivity contribution < 1.29 is 0 Å². The number of hydrogen-bond acceptors (Lipinski definition) is 3. The van der Waals surface area contributed by atoms with E-state index in [1.165, 1.54) is 5.56 Å². The highest BCUT2D eigenvalue weighted by molar-refractivity contribution is 9.10. The summed E-state index contributed by atoms with van der Waals surface area (Å²) in [6.45, 7) is 6.22. The first kappa shape index (κ1) is 13.0. The first-order chi connectivity index (χ1) is 8.56. The van der Waals surface area contributed by atoms with Crippen LogP contribution in [0.1, 0.15) is 19.4 Å². The highest BCUT2D eigenvalue weighted by Gasteiger charge is 2.03. The number of nitrogens with zero attached hydrogens (tertiary/aromatic N) is 2. The number of rotatable bonds is 3. The van der Waals surface area contributed by atoms with Crippen molar-refractivity contribution in [3.8, 4) is 11.3 Å². The average molecular weight is 306 g/mol. The second kappa shape index (κ2) is 5.48. The molecule has 0 amide bonds. The van der Waals surface area contributed by atoms with Gasteiger partial charge in [0.25, 0.3) is 0 Å². The van der Waals surface area contributed by atoms with Gasteiger partial charge in [-0.2, -0.15) is 0 Å². The fraction of sp³-hybridized carbons (Fsp3) is 0.286. The quantitative estimate of drug-likeness (QED) is 0.930. The summed E-state index contributed by atoms with van der Waals surface area (Å²) in [5, 5.41) is 11.6. The molecule has 0 saturated heterocycles. The molecule has 0 atom stereocenters. The zero-order chi connectivity index (χ0) is 13.1. The van der Waals surface area contributed by atoms with Crippen molar-refractivity contribution in [1.82, 2.24) is 10.2 Å². The van der Waals surface area contributed by atoms with E-state index in [0.717, 1.165) is 21.5 Å². The van der Waals surface area contributed by atoms with E-state index < -0.39 is 0 Å². The summed E-state index contributed by atoms with van der Waals surface area (Å²) in [6.07, 6.45) is 0. The number of nitrogens with one attached hydrogen (secondary N) is 1. The van der Waals surface area contributed by atoms with Crippen LogP contribution in [0.25, 0.3) is 11.3 Å². The number of aromatic nitrogens is 2. The molecule has 0 spiro atoms. The van der Waals surface area contributed by atoms with E-state index in [1.807, 2.05) is 24.3 Å². The number of hydrogen-bond donors (Lipinski definition) is 1. The molecule has 0 radical (unpaired) electrons. The summed E-state index contributed by atoms with van der Waals surface area (Å²) in [5.74, 6) is 0.808. The summed E-state index contributed by atoms with van der Waals surface area (Å²) in [5.41, 5.74) is 3.16. The van der Waals surface area contributed by atoms with Crippen LogP contribution in [-0.2, 0) is 0 Å². The Labute approximate surface area is 116 Å². The molecule has 0 aliphatic rings. The van der Waals surface area contributed by atoms with E-state index in [1.54, 1.807) is 0 Å². The molecule has 2 rings (SSSR count). The van der Waals surface area contributed by atoms with Gasteiger partial charge in [0.2, 0.25) is 0 Å². The van der Waals surface area contributed by atoms with Crippen LogP contribution in [-0.4, -0.2) is 16.2 Å². The van der Waals surface area contributed by atoms with Gasteiger partial charge in [0, 0.05) is 16.1 Å². The molecule has 0 aliphatic carbocycles. The van der Waals surface area contributed by atoms with Crippen molar-refractivity contribution in [2.45, 2.75) is 26.8 Å². The highest BCUT2D eigenvalue weighted by atomic mass is 79.9. The minimum absolute atomic E-state index is 0.361. The minimum Gasteiger partial charge on any atom is -0.366 e. The third kappa shape index (κ3) is 3.07. The van der Waals surface area contributed by atoms with Crippen LogP contribution in [0.4, 0.5) is 5.82 Å². The van der Waals surface area contributed by atoms with Gasteiger partial charge in [-0.05, 0) is 50.6 Å². The monoisotopic (exact) mass is 305 g/mol. The van der Waals surface area contributed by atoms with E-state index >= 15 is 0 Å². The summed E-state index contributed by atoms with van der Waals surface area (Å²) in [6, 6.07) is 10.5. The Morgan fingerprint density at radius 2 is 1.89 bits per heavy atom. The predicted molar refractivity (Wildman–Crippen MR) is 78.7 cm³/mol. The van der Waals surface area contributed by atoms with Gasteiger partial charge in [-0.25, -0.2) is 0 Å². The number of aryl methyl sites for hydroxylation is 1. The first-order valence-corrected chi connectivity index (χ1v) is 6.72. The van der Waals surface area contributed by atoms with E-state index in [-0.39, 0.29) is 0 Å². The van der Waals surface area contributed by atoms with E-state index in [4.69, 9.17) is 0 Å². The van der Waals surface area contributed by atoms with Crippen molar-refractivity contribution in [3.63, 3.8) is 0 Å². The van der Waals surface area contributed by atoms with Crippen molar-refractivity contribution >= 4 is 21.7 Å². The molecule has 0 fully saturated rings. The number of anilines is 1. The lowest BCUT2D eigenvalue weighted by Gasteiger charge is -2.08. The topological polar surface area (TPSA) is 37.8 Å². The number of benzene rings is 1. The molecule has 2 aromatic rings. The molecule has 3 nitrogen and oxygen atoms in total. The van der Waals surface area contributed by atoms with Gasteiger partial charge in [-0.1, -0.05) is 22.0 Å². The minimum atomic E-state index is 0.361. The predicted octanol–water partition coefficient (Wildman–Crippen LogP) is 4.03. The lowest BCUT2D eigenvalue weighted by atomic mass is 10.1. The van der Waals surface area contributed by atoms with Gasteiger partial charge >= 0.3 is 0 Å².